The SMILES string of the molecule is Cc1cc2nc(-c3c(N)sc4c3CCN(C(=O)OC(C)(C)C)C4)sc2cc1C. The summed E-state index contributed by atoms with van der Waals surface area (Å²) in [6.07, 6.45) is 0.503. The van der Waals surface area contributed by atoms with Crippen LogP contribution in [0.15, 0.2) is 12.1 Å². The fourth-order valence-corrected chi connectivity index (χ4v) is 5.76. The van der Waals surface area contributed by atoms with Gasteiger partial charge in [0, 0.05) is 17.0 Å². The maximum atomic E-state index is 12.4. The van der Waals surface area contributed by atoms with E-state index in [2.05, 4.69) is 26.0 Å². The summed E-state index contributed by atoms with van der Waals surface area (Å²) in [5.74, 6) is 0. The van der Waals surface area contributed by atoms with Crippen molar-refractivity contribution in [3.63, 3.8) is 0 Å². The number of benzene rings is 1. The van der Waals surface area contributed by atoms with Crippen molar-refractivity contribution in [2.24, 2.45) is 0 Å². The van der Waals surface area contributed by atoms with Crippen molar-refractivity contribution in [2.75, 3.05) is 12.3 Å². The Labute approximate surface area is 173 Å². The number of carbonyl (C=O) groups excluding carboxylic acids is 1. The maximum absolute atomic E-state index is 12.4. The molecule has 0 unspecified atom stereocenters. The third-order valence-electron chi connectivity index (χ3n) is 4.95. The molecule has 3 aromatic rings. The molecule has 0 fully saturated rings. The van der Waals surface area contributed by atoms with E-state index >= 15 is 0 Å². The first-order valence-corrected chi connectivity index (χ1v) is 11.0. The predicted octanol–water partition coefficient (Wildman–Crippen LogP) is 5.52. The minimum Gasteiger partial charge on any atom is -0.444 e. The van der Waals surface area contributed by atoms with Crippen LogP contribution >= 0.6 is 22.7 Å². The Morgan fingerprint density at radius 2 is 1.93 bits per heavy atom. The normalized spacial score (nSPS) is 14.4. The number of hydrogen-bond donors (Lipinski definition) is 1. The Bertz CT molecular complexity index is 1040. The second-order valence-corrected chi connectivity index (χ2v) is 10.5. The summed E-state index contributed by atoms with van der Waals surface area (Å²) in [5, 5.41) is 1.75. The van der Waals surface area contributed by atoms with Gasteiger partial charge in [0.25, 0.3) is 0 Å². The molecule has 0 saturated heterocycles. The number of hydrogen-bond acceptors (Lipinski definition) is 6. The Morgan fingerprint density at radius 1 is 1.21 bits per heavy atom. The van der Waals surface area contributed by atoms with E-state index in [0.29, 0.717) is 13.1 Å². The average Bonchev–Trinajstić information content (AvgIpc) is 3.12. The fourth-order valence-electron chi connectivity index (χ4n) is 3.43. The largest absolute Gasteiger partial charge is 0.444 e. The Balaban J connectivity index is 1.67. The van der Waals surface area contributed by atoms with Crippen LogP contribution in [0.3, 0.4) is 0 Å². The molecule has 0 atom stereocenters. The third-order valence-corrected chi connectivity index (χ3v) is 7.04. The first kappa shape index (κ1) is 19.2. The summed E-state index contributed by atoms with van der Waals surface area (Å²) >= 11 is 3.25. The van der Waals surface area contributed by atoms with Crippen molar-refractivity contribution in [2.45, 2.75) is 53.2 Å². The van der Waals surface area contributed by atoms with E-state index in [1.807, 2.05) is 20.8 Å². The van der Waals surface area contributed by atoms with Crippen LogP contribution in [0.25, 0.3) is 20.8 Å². The summed E-state index contributed by atoms with van der Waals surface area (Å²) < 4.78 is 6.71. The number of thiazole rings is 1. The maximum Gasteiger partial charge on any atom is 0.410 e. The van der Waals surface area contributed by atoms with Crippen molar-refractivity contribution in [1.82, 2.24) is 9.88 Å². The lowest BCUT2D eigenvalue weighted by Gasteiger charge is -2.30. The molecule has 4 rings (SSSR count). The molecule has 1 aliphatic heterocycles. The van der Waals surface area contributed by atoms with Gasteiger partial charge in [-0.3, -0.25) is 0 Å². The van der Waals surface area contributed by atoms with Gasteiger partial charge >= 0.3 is 6.09 Å². The molecule has 0 spiro atoms. The van der Waals surface area contributed by atoms with E-state index in [9.17, 15) is 4.79 Å². The fraction of sp³-hybridized carbons (Fsp3) is 0.429. The van der Waals surface area contributed by atoms with Crippen molar-refractivity contribution >= 4 is 44.0 Å². The number of nitrogen functional groups attached to an aromatic ring is 1. The van der Waals surface area contributed by atoms with E-state index in [0.717, 1.165) is 32.4 Å². The highest BCUT2D eigenvalue weighted by Crippen LogP contribution is 2.44. The lowest BCUT2D eigenvalue weighted by Crippen LogP contribution is -2.39. The van der Waals surface area contributed by atoms with Gasteiger partial charge < -0.3 is 15.4 Å². The van der Waals surface area contributed by atoms with Gasteiger partial charge in [0.15, 0.2) is 0 Å². The van der Waals surface area contributed by atoms with Gasteiger partial charge in [-0.25, -0.2) is 9.78 Å². The molecule has 1 aliphatic rings. The van der Waals surface area contributed by atoms with Crippen LogP contribution in [-0.2, 0) is 17.7 Å². The quantitative estimate of drug-likeness (QED) is 0.568. The van der Waals surface area contributed by atoms with E-state index in [1.54, 1.807) is 27.6 Å². The molecule has 2 aromatic heterocycles. The van der Waals surface area contributed by atoms with Gasteiger partial charge in [-0.15, -0.1) is 22.7 Å². The second kappa shape index (κ2) is 6.74. The first-order chi connectivity index (χ1) is 13.1. The molecule has 0 aliphatic carbocycles. The molecule has 148 valence electrons. The Hall–Kier alpha value is -2.12. The standard InChI is InChI=1S/C21H25N3O2S2/c1-11-8-14-15(9-12(11)2)28-19(23-14)17-13-6-7-24(10-16(13)27-18(17)22)20(25)26-21(3,4)5/h8-9H,6-7,10,22H2,1-5H3. The van der Waals surface area contributed by atoms with Gasteiger partial charge in [0.2, 0.25) is 0 Å². The van der Waals surface area contributed by atoms with Gasteiger partial charge in [-0.1, -0.05) is 0 Å². The van der Waals surface area contributed by atoms with Gasteiger partial charge in [0.1, 0.15) is 10.6 Å². The van der Waals surface area contributed by atoms with E-state index in [-0.39, 0.29) is 6.09 Å². The van der Waals surface area contributed by atoms with Crippen LogP contribution in [0, 0.1) is 13.8 Å². The summed E-state index contributed by atoms with van der Waals surface area (Å²) in [4.78, 5) is 20.2. The number of amides is 1. The molecular weight excluding hydrogens is 390 g/mol. The second-order valence-electron chi connectivity index (χ2n) is 8.32. The number of nitrogens with two attached hydrogens (primary N) is 1. The highest BCUT2D eigenvalue weighted by molar-refractivity contribution is 7.22. The number of rotatable bonds is 1. The number of ether oxygens (including phenoxy) is 1. The summed E-state index contributed by atoms with van der Waals surface area (Å²) in [6, 6.07) is 4.34. The van der Waals surface area contributed by atoms with E-state index in [4.69, 9.17) is 15.5 Å². The van der Waals surface area contributed by atoms with Crippen LogP contribution in [-0.4, -0.2) is 28.1 Å². The van der Waals surface area contributed by atoms with E-state index < -0.39 is 5.60 Å². The molecule has 1 aromatic carbocycles. The number of aromatic nitrogens is 1. The number of aryl methyl sites for hydroxylation is 2. The Morgan fingerprint density at radius 3 is 2.64 bits per heavy atom. The number of thiophene rings is 1. The predicted molar refractivity (Wildman–Crippen MR) is 117 cm³/mol. The summed E-state index contributed by atoms with van der Waals surface area (Å²) in [5.41, 5.74) is 11.7. The van der Waals surface area contributed by atoms with Crippen LogP contribution < -0.4 is 5.73 Å². The lowest BCUT2D eigenvalue weighted by atomic mass is 10.0. The first-order valence-electron chi connectivity index (χ1n) is 9.38. The molecule has 2 N–H and O–H groups in total. The zero-order valence-corrected chi connectivity index (χ0v) is 18.5. The van der Waals surface area contributed by atoms with Crippen molar-refractivity contribution in [3.8, 4) is 10.6 Å². The van der Waals surface area contributed by atoms with Gasteiger partial charge in [-0.05, 0) is 69.9 Å². The van der Waals surface area contributed by atoms with Crippen molar-refractivity contribution < 1.29 is 9.53 Å². The molecule has 1 amide bonds. The average molecular weight is 416 g/mol. The molecule has 3 heterocycles. The molecular formula is C21H25N3O2S2. The van der Waals surface area contributed by atoms with Crippen LogP contribution in [0.2, 0.25) is 0 Å². The minimum absolute atomic E-state index is 0.266. The molecule has 28 heavy (non-hydrogen) atoms. The van der Waals surface area contributed by atoms with Gasteiger partial charge in [0.05, 0.1) is 21.8 Å². The number of anilines is 1. The highest BCUT2D eigenvalue weighted by Gasteiger charge is 2.30. The molecule has 0 bridgehead atoms. The van der Waals surface area contributed by atoms with Crippen LogP contribution in [0.4, 0.5) is 9.80 Å². The van der Waals surface area contributed by atoms with E-state index in [1.165, 1.54) is 21.4 Å². The number of carbonyl (C=O) groups is 1. The summed E-state index contributed by atoms with van der Waals surface area (Å²) in [6.45, 7) is 11.1. The molecule has 0 radical (unpaired) electrons. The number of fused-ring (bicyclic) bond motifs is 2. The zero-order chi connectivity index (χ0) is 20.2. The highest BCUT2D eigenvalue weighted by atomic mass is 32.1. The van der Waals surface area contributed by atoms with Crippen molar-refractivity contribution in [1.29, 1.82) is 0 Å². The monoisotopic (exact) mass is 415 g/mol. The molecule has 5 nitrogen and oxygen atoms in total. The van der Waals surface area contributed by atoms with Gasteiger partial charge in [-0.2, -0.15) is 0 Å². The lowest BCUT2D eigenvalue weighted by molar-refractivity contribution is 0.0227. The molecule has 0 saturated carbocycles. The Kier molecular flexibility index (Phi) is 4.62. The number of nitrogens with zero attached hydrogens (tertiary/aromatic N) is 2. The topological polar surface area (TPSA) is 68.5 Å². The van der Waals surface area contributed by atoms with Crippen molar-refractivity contribution in [3.05, 3.63) is 33.7 Å². The summed E-state index contributed by atoms with van der Waals surface area (Å²) in [7, 11) is 0. The smallest absolute Gasteiger partial charge is 0.410 e. The zero-order valence-electron chi connectivity index (χ0n) is 16.9. The van der Waals surface area contributed by atoms with Crippen LogP contribution in [0.5, 0.6) is 0 Å². The molecule has 7 heteroatoms. The minimum atomic E-state index is -0.492. The third kappa shape index (κ3) is 3.49. The van der Waals surface area contributed by atoms with Crippen LogP contribution in [0.1, 0.15) is 42.3 Å².